The van der Waals surface area contributed by atoms with Crippen LogP contribution < -0.4 is 10.6 Å². The van der Waals surface area contributed by atoms with E-state index in [9.17, 15) is 9.59 Å². The molecule has 3 rings (SSSR count). The van der Waals surface area contributed by atoms with Crippen molar-refractivity contribution in [3.8, 4) is 11.1 Å². The maximum absolute atomic E-state index is 12.2. The highest BCUT2D eigenvalue weighted by atomic mass is 16.2. The summed E-state index contributed by atoms with van der Waals surface area (Å²) < 4.78 is 0. The molecule has 0 aliphatic carbocycles. The van der Waals surface area contributed by atoms with Crippen LogP contribution in [0, 0.1) is 6.92 Å². The van der Waals surface area contributed by atoms with Gasteiger partial charge in [-0.2, -0.15) is 5.10 Å². The Morgan fingerprint density at radius 3 is 2.52 bits per heavy atom. The van der Waals surface area contributed by atoms with Gasteiger partial charge >= 0.3 is 0 Å². The van der Waals surface area contributed by atoms with E-state index in [1.165, 1.54) is 6.08 Å². The molecule has 0 unspecified atom stereocenters. The van der Waals surface area contributed by atoms with Gasteiger partial charge in [0.2, 0.25) is 11.8 Å². The number of nitrogens with zero attached hydrogens (tertiary/aromatic N) is 1. The molecule has 6 nitrogen and oxygen atoms in total. The first-order valence-electron chi connectivity index (χ1n) is 8.48. The van der Waals surface area contributed by atoms with Gasteiger partial charge in [0, 0.05) is 17.4 Å². The zero-order valence-electron chi connectivity index (χ0n) is 15.0. The molecule has 0 bridgehead atoms. The third kappa shape index (κ3) is 4.92. The number of benzene rings is 2. The molecule has 0 aliphatic heterocycles. The van der Waals surface area contributed by atoms with Crippen LogP contribution in [0.15, 0.2) is 67.3 Å². The summed E-state index contributed by atoms with van der Waals surface area (Å²) in [5, 5.41) is 12.3. The molecule has 1 heterocycles. The molecule has 2 amide bonds. The van der Waals surface area contributed by atoms with Crippen molar-refractivity contribution in [1.82, 2.24) is 10.2 Å². The number of carbonyl (C=O) groups excluding carboxylic acids is 2. The SMILES string of the molecule is C=CC(=O)Nc1ccc(-c2cccc(CC(=O)Nc3cc(C)[nH]n3)c2)cc1. The highest BCUT2D eigenvalue weighted by molar-refractivity contribution is 5.99. The highest BCUT2D eigenvalue weighted by Gasteiger charge is 2.08. The quantitative estimate of drug-likeness (QED) is 0.586. The van der Waals surface area contributed by atoms with Crippen LogP contribution in [0.5, 0.6) is 0 Å². The molecule has 0 fully saturated rings. The van der Waals surface area contributed by atoms with Gasteiger partial charge in [0.05, 0.1) is 6.42 Å². The predicted molar refractivity (Wildman–Crippen MR) is 106 cm³/mol. The van der Waals surface area contributed by atoms with Crippen LogP contribution in [-0.4, -0.2) is 22.0 Å². The van der Waals surface area contributed by atoms with Gasteiger partial charge in [-0.25, -0.2) is 0 Å². The van der Waals surface area contributed by atoms with Gasteiger partial charge < -0.3 is 10.6 Å². The van der Waals surface area contributed by atoms with Crippen molar-refractivity contribution < 1.29 is 9.59 Å². The van der Waals surface area contributed by atoms with Crippen molar-refractivity contribution in [3.05, 3.63) is 78.5 Å². The number of hydrogen-bond acceptors (Lipinski definition) is 3. The fourth-order valence-electron chi connectivity index (χ4n) is 2.65. The molecular formula is C21H20N4O2. The summed E-state index contributed by atoms with van der Waals surface area (Å²) >= 11 is 0. The summed E-state index contributed by atoms with van der Waals surface area (Å²) in [7, 11) is 0. The number of aromatic nitrogens is 2. The minimum atomic E-state index is -0.247. The second kappa shape index (κ2) is 8.14. The number of anilines is 2. The number of carbonyl (C=O) groups is 2. The average Bonchev–Trinajstić information content (AvgIpc) is 3.07. The molecule has 0 atom stereocenters. The smallest absolute Gasteiger partial charge is 0.247 e. The predicted octanol–water partition coefficient (Wildman–Crippen LogP) is 3.69. The van der Waals surface area contributed by atoms with Gasteiger partial charge in [0.1, 0.15) is 0 Å². The maximum atomic E-state index is 12.2. The van der Waals surface area contributed by atoms with E-state index < -0.39 is 0 Å². The number of H-pyrrole nitrogens is 1. The Labute approximate surface area is 157 Å². The van der Waals surface area contributed by atoms with Crippen molar-refractivity contribution in [2.24, 2.45) is 0 Å². The van der Waals surface area contributed by atoms with Crippen LogP contribution >= 0.6 is 0 Å². The van der Waals surface area contributed by atoms with Gasteiger partial charge in [-0.05, 0) is 41.8 Å². The number of nitrogens with one attached hydrogen (secondary N) is 3. The van der Waals surface area contributed by atoms with E-state index in [1.54, 1.807) is 6.07 Å². The summed E-state index contributed by atoms with van der Waals surface area (Å²) in [6, 6.07) is 17.1. The maximum Gasteiger partial charge on any atom is 0.247 e. The van der Waals surface area contributed by atoms with Crippen molar-refractivity contribution in [1.29, 1.82) is 0 Å². The summed E-state index contributed by atoms with van der Waals surface area (Å²) in [5.74, 6) is 0.148. The fourth-order valence-corrected chi connectivity index (χ4v) is 2.65. The molecule has 0 radical (unpaired) electrons. The zero-order chi connectivity index (χ0) is 19.2. The molecule has 0 aliphatic rings. The number of amides is 2. The van der Waals surface area contributed by atoms with Gasteiger partial charge in [-0.1, -0.05) is 43.0 Å². The largest absolute Gasteiger partial charge is 0.323 e. The first-order chi connectivity index (χ1) is 13.0. The Hall–Kier alpha value is -3.67. The summed E-state index contributed by atoms with van der Waals surface area (Å²) in [6.45, 7) is 5.31. The number of aryl methyl sites for hydroxylation is 1. The fraction of sp³-hybridized carbons (Fsp3) is 0.0952. The Balaban J connectivity index is 1.68. The van der Waals surface area contributed by atoms with Gasteiger partial charge in [0.15, 0.2) is 5.82 Å². The summed E-state index contributed by atoms with van der Waals surface area (Å²) in [4.78, 5) is 23.5. The third-order valence-corrected chi connectivity index (χ3v) is 3.94. The van der Waals surface area contributed by atoms with E-state index in [0.29, 0.717) is 11.5 Å². The molecular weight excluding hydrogens is 340 g/mol. The number of aromatic amines is 1. The first kappa shape index (κ1) is 18.1. The van der Waals surface area contributed by atoms with Crippen LogP contribution in [-0.2, 0) is 16.0 Å². The Morgan fingerprint density at radius 2 is 1.85 bits per heavy atom. The first-order valence-corrected chi connectivity index (χ1v) is 8.48. The van der Waals surface area contributed by atoms with Gasteiger partial charge in [-0.15, -0.1) is 0 Å². The lowest BCUT2D eigenvalue weighted by molar-refractivity contribution is -0.115. The Bertz CT molecular complexity index is 974. The second-order valence-electron chi connectivity index (χ2n) is 6.13. The minimum Gasteiger partial charge on any atom is -0.323 e. The van der Waals surface area contributed by atoms with E-state index in [0.717, 1.165) is 22.4 Å². The van der Waals surface area contributed by atoms with Crippen LogP contribution in [0.25, 0.3) is 11.1 Å². The standard InChI is InChI=1S/C21H20N4O2/c1-3-20(26)22-18-9-7-16(8-10-18)17-6-4-5-15(12-17)13-21(27)23-19-11-14(2)24-25-19/h3-12H,1,13H2,2H3,(H,22,26)(H2,23,24,25,27). The number of rotatable bonds is 6. The van der Waals surface area contributed by atoms with E-state index in [4.69, 9.17) is 0 Å². The van der Waals surface area contributed by atoms with Crippen LogP contribution in [0.1, 0.15) is 11.3 Å². The van der Waals surface area contributed by atoms with Crippen molar-refractivity contribution in [2.75, 3.05) is 10.6 Å². The molecule has 2 aromatic carbocycles. The normalized spacial score (nSPS) is 10.3. The molecule has 27 heavy (non-hydrogen) atoms. The highest BCUT2D eigenvalue weighted by Crippen LogP contribution is 2.23. The molecule has 136 valence electrons. The Kier molecular flexibility index (Phi) is 5.47. The van der Waals surface area contributed by atoms with E-state index in [1.807, 2.05) is 55.5 Å². The lowest BCUT2D eigenvalue weighted by Crippen LogP contribution is -2.14. The Morgan fingerprint density at radius 1 is 1.07 bits per heavy atom. The topological polar surface area (TPSA) is 86.9 Å². The van der Waals surface area contributed by atoms with Gasteiger partial charge in [0.25, 0.3) is 0 Å². The van der Waals surface area contributed by atoms with E-state index in [-0.39, 0.29) is 18.2 Å². The van der Waals surface area contributed by atoms with E-state index >= 15 is 0 Å². The van der Waals surface area contributed by atoms with Crippen LogP contribution in [0.3, 0.4) is 0 Å². The molecule has 0 saturated carbocycles. The minimum absolute atomic E-state index is 0.124. The summed E-state index contributed by atoms with van der Waals surface area (Å²) in [5.41, 5.74) is 4.49. The van der Waals surface area contributed by atoms with Crippen molar-refractivity contribution in [2.45, 2.75) is 13.3 Å². The van der Waals surface area contributed by atoms with E-state index in [2.05, 4.69) is 27.4 Å². The lowest BCUT2D eigenvalue weighted by atomic mass is 10.0. The number of hydrogen-bond donors (Lipinski definition) is 3. The van der Waals surface area contributed by atoms with Crippen LogP contribution in [0.4, 0.5) is 11.5 Å². The lowest BCUT2D eigenvalue weighted by Gasteiger charge is -2.07. The zero-order valence-corrected chi connectivity index (χ0v) is 15.0. The van der Waals surface area contributed by atoms with Crippen molar-refractivity contribution >= 4 is 23.3 Å². The summed E-state index contributed by atoms with van der Waals surface area (Å²) in [6.07, 6.45) is 1.49. The van der Waals surface area contributed by atoms with Crippen molar-refractivity contribution in [3.63, 3.8) is 0 Å². The monoisotopic (exact) mass is 360 g/mol. The second-order valence-corrected chi connectivity index (χ2v) is 6.13. The van der Waals surface area contributed by atoms with Gasteiger partial charge in [-0.3, -0.25) is 14.7 Å². The molecule has 0 spiro atoms. The molecule has 3 aromatic rings. The molecule has 3 N–H and O–H groups in total. The average molecular weight is 360 g/mol. The third-order valence-electron chi connectivity index (χ3n) is 3.94. The molecule has 1 aromatic heterocycles. The molecule has 0 saturated heterocycles. The van der Waals surface area contributed by atoms with Crippen LogP contribution in [0.2, 0.25) is 0 Å². The molecule has 6 heteroatoms.